The molecule has 0 fully saturated rings. The molecular formula is C19H24O2. The van der Waals surface area contributed by atoms with Crippen LogP contribution in [0, 0.1) is 0 Å². The van der Waals surface area contributed by atoms with Gasteiger partial charge in [0.15, 0.2) is 0 Å². The number of aryl methyl sites for hydroxylation is 2. The van der Waals surface area contributed by atoms with Gasteiger partial charge in [0.2, 0.25) is 0 Å². The van der Waals surface area contributed by atoms with Crippen LogP contribution in [-0.2, 0) is 19.3 Å². The summed E-state index contributed by atoms with van der Waals surface area (Å²) in [5.74, 6) is 0.670. The largest absolute Gasteiger partial charge is 0.508 e. The summed E-state index contributed by atoms with van der Waals surface area (Å²) in [6.07, 6.45) is 4.93. The molecule has 0 saturated carbocycles. The zero-order valence-electron chi connectivity index (χ0n) is 12.9. The Balaban J connectivity index is 2.33. The maximum atomic E-state index is 9.67. The molecule has 0 aliphatic heterocycles. The van der Waals surface area contributed by atoms with Crippen LogP contribution in [0.2, 0.25) is 0 Å². The van der Waals surface area contributed by atoms with E-state index in [1.807, 2.05) is 24.3 Å². The van der Waals surface area contributed by atoms with E-state index in [1.165, 1.54) is 22.3 Å². The van der Waals surface area contributed by atoms with Crippen LogP contribution in [0.5, 0.6) is 11.5 Å². The summed E-state index contributed by atoms with van der Waals surface area (Å²) in [4.78, 5) is 0. The van der Waals surface area contributed by atoms with Gasteiger partial charge in [-0.05, 0) is 65.8 Å². The fourth-order valence-electron chi connectivity index (χ4n) is 2.78. The highest BCUT2D eigenvalue weighted by molar-refractivity contribution is 5.42. The smallest absolute Gasteiger partial charge is 0.115 e. The molecule has 0 spiro atoms. The van der Waals surface area contributed by atoms with Crippen molar-refractivity contribution >= 4 is 0 Å². The third-order valence-corrected chi connectivity index (χ3v) is 3.80. The molecule has 2 heteroatoms. The first-order valence-electron chi connectivity index (χ1n) is 7.75. The third-order valence-electron chi connectivity index (χ3n) is 3.80. The second-order valence-corrected chi connectivity index (χ2v) is 5.58. The Morgan fingerprint density at radius 3 is 1.48 bits per heavy atom. The summed E-state index contributed by atoms with van der Waals surface area (Å²) in [5.41, 5.74) is 4.96. The maximum absolute atomic E-state index is 9.67. The molecule has 2 aromatic carbocycles. The number of aromatic hydroxyl groups is 2. The number of phenolic OH excluding ortho intramolecular Hbond substituents is 2. The van der Waals surface area contributed by atoms with Crippen molar-refractivity contribution in [3.8, 4) is 11.5 Å². The van der Waals surface area contributed by atoms with Gasteiger partial charge in [0.1, 0.15) is 11.5 Å². The summed E-state index contributed by atoms with van der Waals surface area (Å²) < 4.78 is 0. The predicted molar refractivity (Wildman–Crippen MR) is 87.0 cm³/mol. The molecule has 21 heavy (non-hydrogen) atoms. The monoisotopic (exact) mass is 284 g/mol. The average Bonchev–Trinajstić information content (AvgIpc) is 2.45. The lowest BCUT2D eigenvalue weighted by Gasteiger charge is -2.13. The van der Waals surface area contributed by atoms with Crippen LogP contribution in [0.4, 0.5) is 0 Å². The van der Waals surface area contributed by atoms with E-state index in [9.17, 15) is 10.2 Å². The Bertz CT molecular complexity index is 549. The van der Waals surface area contributed by atoms with Crippen molar-refractivity contribution in [2.45, 2.75) is 46.0 Å². The molecule has 0 amide bonds. The van der Waals surface area contributed by atoms with Crippen LogP contribution >= 0.6 is 0 Å². The van der Waals surface area contributed by atoms with Crippen LogP contribution in [0.15, 0.2) is 36.4 Å². The molecule has 2 aromatic rings. The molecule has 0 atom stereocenters. The lowest BCUT2D eigenvalue weighted by Crippen LogP contribution is -1.99. The van der Waals surface area contributed by atoms with E-state index in [0.29, 0.717) is 11.5 Å². The molecule has 0 radical (unpaired) electrons. The second-order valence-electron chi connectivity index (χ2n) is 5.58. The van der Waals surface area contributed by atoms with E-state index in [0.717, 1.165) is 32.1 Å². The zero-order chi connectivity index (χ0) is 15.2. The first-order valence-corrected chi connectivity index (χ1v) is 7.75. The lowest BCUT2D eigenvalue weighted by atomic mass is 9.93. The number of rotatable bonds is 6. The second kappa shape index (κ2) is 7.16. The number of benzene rings is 2. The lowest BCUT2D eigenvalue weighted by molar-refractivity contribution is 0.474. The van der Waals surface area contributed by atoms with Crippen molar-refractivity contribution in [2.75, 3.05) is 0 Å². The molecule has 112 valence electrons. The van der Waals surface area contributed by atoms with Crippen LogP contribution in [0.1, 0.15) is 48.9 Å². The first kappa shape index (κ1) is 15.4. The summed E-state index contributed by atoms with van der Waals surface area (Å²) in [7, 11) is 0. The highest BCUT2D eigenvalue weighted by Gasteiger charge is 2.08. The van der Waals surface area contributed by atoms with Gasteiger partial charge in [-0.2, -0.15) is 0 Å². The summed E-state index contributed by atoms with van der Waals surface area (Å²) in [6.45, 7) is 4.30. The quantitative estimate of drug-likeness (QED) is 0.814. The van der Waals surface area contributed by atoms with Gasteiger partial charge in [-0.15, -0.1) is 0 Å². The van der Waals surface area contributed by atoms with Crippen molar-refractivity contribution in [1.82, 2.24) is 0 Å². The van der Waals surface area contributed by atoms with E-state index in [4.69, 9.17) is 0 Å². The van der Waals surface area contributed by atoms with Gasteiger partial charge in [-0.3, -0.25) is 0 Å². The molecule has 2 rings (SSSR count). The maximum Gasteiger partial charge on any atom is 0.115 e. The molecule has 0 saturated heterocycles. The summed E-state index contributed by atoms with van der Waals surface area (Å²) in [5, 5.41) is 19.3. The normalized spacial score (nSPS) is 10.8. The number of hydrogen-bond acceptors (Lipinski definition) is 2. The topological polar surface area (TPSA) is 40.5 Å². The Labute approximate surface area is 127 Å². The Hall–Kier alpha value is -1.96. The molecule has 0 aliphatic carbocycles. The standard InChI is InChI=1S/C19H24O2/c1-3-5-14-12-18(20)9-7-16(14)11-17-8-10-19(21)13-15(17)6-4-2/h7-10,12-13,20-21H,3-6,11H2,1-2H3. The zero-order valence-corrected chi connectivity index (χ0v) is 12.9. The van der Waals surface area contributed by atoms with Crippen molar-refractivity contribution < 1.29 is 10.2 Å². The average molecular weight is 284 g/mol. The summed E-state index contributed by atoms with van der Waals surface area (Å²) in [6, 6.07) is 11.3. The van der Waals surface area contributed by atoms with Gasteiger partial charge in [0, 0.05) is 0 Å². The molecule has 0 unspecified atom stereocenters. The molecule has 0 bridgehead atoms. The van der Waals surface area contributed by atoms with Gasteiger partial charge < -0.3 is 10.2 Å². The SMILES string of the molecule is CCCc1cc(O)ccc1Cc1ccc(O)cc1CCC. The fourth-order valence-corrected chi connectivity index (χ4v) is 2.78. The minimum Gasteiger partial charge on any atom is -0.508 e. The Morgan fingerprint density at radius 2 is 1.10 bits per heavy atom. The molecular weight excluding hydrogens is 260 g/mol. The van der Waals surface area contributed by atoms with Crippen LogP contribution in [0.3, 0.4) is 0 Å². The Morgan fingerprint density at radius 1 is 0.667 bits per heavy atom. The molecule has 0 aliphatic rings. The molecule has 0 heterocycles. The van der Waals surface area contributed by atoms with Crippen LogP contribution < -0.4 is 0 Å². The van der Waals surface area contributed by atoms with E-state index < -0.39 is 0 Å². The van der Waals surface area contributed by atoms with Gasteiger partial charge in [0.25, 0.3) is 0 Å². The van der Waals surface area contributed by atoms with Gasteiger partial charge in [-0.25, -0.2) is 0 Å². The minimum absolute atomic E-state index is 0.335. The van der Waals surface area contributed by atoms with Crippen LogP contribution in [-0.4, -0.2) is 10.2 Å². The minimum atomic E-state index is 0.335. The van der Waals surface area contributed by atoms with Gasteiger partial charge in [-0.1, -0.05) is 38.8 Å². The first-order chi connectivity index (χ1) is 10.1. The van der Waals surface area contributed by atoms with Gasteiger partial charge >= 0.3 is 0 Å². The number of phenols is 2. The van der Waals surface area contributed by atoms with E-state index >= 15 is 0 Å². The van der Waals surface area contributed by atoms with Crippen molar-refractivity contribution in [3.63, 3.8) is 0 Å². The Kier molecular flexibility index (Phi) is 5.26. The third kappa shape index (κ3) is 4.01. The predicted octanol–water partition coefficient (Wildman–Crippen LogP) is 4.59. The van der Waals surface area contributed by atoms with E-state index in [2.05, 4.69) is 13.8 Å². The van der Waals surface area contributed by atoms with E-state index in [1.54, 1.807) is 12.1 Å². The fraction of sp³-hybridized carbons (Fsp3) is 0.368. The van der Waals surface area contributed by atoms with Crippen molar-refractivity contribution in [3.05, 3.63) is 58.7 Å². The molecule has 2 nitrogen and oxygen atoms in total. The summed E-state index contributed by atoms with van der Waals surface area (Å²) >= 11 is 0. The van der Waals surface area contributed by atoms with Crippen LogP contribution in [0.25, 0.3) is 0 Å². The molecule has 2 N–H and O–H groups in total. The van der Waals surface area contributed by atoms with Crippen molar-refractivity contribution in [1.29, 1.82) is 0 Å². The van der Waals surface area contributed by atoms with Gasteiger partial charge in [0.05, 0.1) is 0 Å². The number of hydrogen-bond donors (Lipinski definition) is 2. The van der Waals surface area contributed by atoms with E-state index in [-0.39, 0.29) is 0 Å². The molecule has 0 aromatic heterocycles. The highest BCUT2D eigenvalue weighted by atomic mass is 16.3. The highest BCUT2D eigenvalue weighted by Crippen LogP contribution is 2.25. The van der Waals surface area contributed by atoms with Crippen molar-refractivity contribution in [2.24, 2.45) is 0 Å².